The van der Waals surface area contributed by atoms with E-state index in [1.807, 2.05) is 24.6 Å². The molecule has 0 saturated heterocycles. The van der Waals surface area contributed by atoms with Crippen LogP contribution in [0.3, 0.4) is 0 Å². The lowest BCUT2D eigenvalue weighted by molar-refractivity contribution is 0.184. The van der Waals surface area contributed by atoms with Gasteiger partial charge in [0.25, 0.3) is 5.56 Å². The van der Waals surface area contributed by atoms with E-state index in [1.165, 1.54) is 16.2 Å². The predicted molar refractivity (Wildman–Crippen MR) is 82.5 cm³/mol. The first-order valence-corrected chi connectivity index (χ1v) is 7.17. The van der Waals surface area contributed by atoms with Gasteiger partial charge in [0.1, 0.15) is 0 Å². The molecule has 0 bridgehead atoms. The zero-order valence-electron chi connectivity index (χ0n) is 13.2. The van der Waals surface area contributed by atoms with Gasteiger partial charge in [-0.1, -0.05) is 0 Å². The van der Waals surface area contributed by atoms with E-state index in [1.54, 1.807) is 11.4 Å². The van der Waals surface area contributed by atoms with Gasteiger partial charge in [0, 0.05) is 32.6 Å². The number of imidazole rings is 2. The van der Waals surface area contributed by atoms with Crippen molar-refractivity contribution in [2.75, 3.05) is 13.7 Å². The van der Waals surface area contributed by atoms with Crippen LogP contribution in [0.15, 0.2) is 15.8 Å². The van der Waals surface area contributed by atoms with E-state index in [-0.39, 0.29) is 17.8 Å². The van der Waals surface area contributed by atoms with Gasteiger partial charge in [-0.3, -0.25) is 18.3 Å². The van der Waals surface area contributed by atoms with E-state index < -0.39 is 0 Å². The van der Waals surface area contributed by atoms with E-state index in [9.17, 15) is 9.59 Å². The van der Waals surface area contributed by atoms with Gasteiger partial charge >= 0.3 is 5.69 Å². The molecular weight excluding hydrogens is 286 g/mol. The Kier molecular flexibility index (Phi) is 3.40. The van der Waals surface area contributed by atoms with Crippen LogP contribution >= 0.6 is 0 Å². The van der Waals surface area contributed by atoms with Crippen molar-refractivity contribution in [3.05, 3.63) is 32.7 Å². The standard InChI is InChI=1S/C14H19N5O3/c1-5-17-9(2)8-19-10-11(15-13(17)19)16(3)14(21)18(12(10)20)6-7-22-4/h8H,5-7H2,1-4H3. The van der Waals surface area contributed by atoms with Crippen molar-refractivity contribution in [2.24, 2.45) is 7.05 Å². The van der Waals surface area contributed by atoms with Crippen molar-refractivity contribution in [2.45, 2.75) is 26.9 Å². The lowest BCUT2D eigenvalue weighted by atomic mass is 10.4. The fourth-order valence-corrected chi connectivity index (χ4v) is 2.83. The van der Waals surface area contributed by atoms with Gasteiger partial charge in [-0.05, 0) is 13.8 Å². The van der Waals surface area contributed by atoms with Crippen molar-refractivity contribution in [3.8, 4) is 0 Å². The Morgan fingerprint density at radius 2 is 2.00 bits per heavy atom. The third-order valence-corrected chi connectivity index (χ3v) is 3.98. The van der Waals surface area contributed by atoms with Crippen LogP contribution < -0.4 is 11.2 Å². The molecule has 3 rings (SSSR count). The molecule has 0 fully saturated rings. The summed E-state index contributed by atoms with van der Waals surface area (Å²) in [6.45, 7) is 5.26. The minimum absolute atomic E-state index is 0.221. The molecule has 0 radical (unpaired) electrons. The Hall–Kier alpha value is -2.35. The highest BCUT2D eigenvalue weighted by Gasteiger charge is 2.19. The summed E-state index contributed by atoms with van der Waals surface area (Å²) in [5.74, 6) is 0.673. The number of rotatable bonds is 4. The molecule has 0 spiro atoms. The molecule has 22 heavy (non-hydrogen) atoms. The number of ether oxygens (including phenoxy) is 1. The minimum atomic E-state index is -0.380. The third kappa shape index (κ3) is 1.83. The lowest BCUT2D eigenvalue weighted by Gasteiger charge is -2.07. The number of aryl methyl sites for hydroxylation is 3. The average Bonchev–Trinajstić information content (AvgIpc) is 2.99. The molecule has 3 aromatic heterocycles. The Balaban J connectivity index is 2.45. The summed E-state index contributed by atoms with van der Waals surface area (Å²) < 4.78 is 11.4. The Bertz CT molecular complexity index is 973. The number of fused-ring (bicyclic) bond motifs is 3. The average molecular weight is 305 g/mol. The largest absolute Gasteiger partial charge is 0.383 e. The van der Waals surface area contributed by atoms with Crippen molar-refractivity contribution >= 4 is 16.9 Å². The van der Waals surface area contributed by atoms with Crippen molar-refractivity contribution in [1.29, 1.82) is 0 Å². The van der Waals surface area contributed by atoms with Crippen LogP contribution in [0.1, 0.15) is 12.6 Å². The van der Waals surface area contributed by atoms with Crippen LogP contribution in [0.5, 0.6) is 0 Å². The summed E-state index contributed by atoms with van der Waals surface area (Å²) in [5.41, 5.74) is 1.12. The number of methoxy groups -OCH3 is 1. The molecule has 0 aliphatic carbocycles. The summed E-state index contributed by atoms with van der Waals surface area (Å²) in [6, 6.07) is 0. The van der Waals surface area contributed by atoms with Gasteiger partial charge in [-0.2, -0.15) is 4.98 Å². The topological polar surface area (TPSA) is 75.5 Å². The fraction of sp³-hybridized carbons (Fsp3) is 0.500. The molecule has 0 aliphatic heterocycles. The second kappa shape index (κ2) is 5.13. The maximum atomic E-state index is 12.7. The molecule has 3 aromatic rings. The minimum Gasteiger partial charge on any atom is -0.383 e. The second-order valence-corrected chi connectivity index (χ2v) is 5.26. The van der Waals surface area contributed by atoms with E-state index in [0.29, 0.717) is 23.5 Å². The first-order valence-electron chi connectivity index (χ1n) is 7.17. The Labute approximate surface area is 126 Å². The van der Waals surface area contributed by atoms with Gasteiger partial charge < -0.3 is 9.30 Å². The van der Waals surface area contributed by atoms with Crippen molar-refractivity contribution < 1.29 is 4.74 Å². The van der Waals surface area contributed by atoms with Gasteiger partial charge in [0.15, 0.2) is 11.2 Å². The molecule has 0 amide bonds. The highest BCUT2D eigenvalue weighted by Crippen LogP contribution is 2.15. The Morgan fingerprint density at radius 3 is 2.64 bits per heavy atom. The van der Waals surface area contributed by atoms with Crippen molar-refractivity contribution in [3.63, 3.8) is 0 Å². The zero-order valence-corrected chi connectivity index (χ0v) is 13.2. The smallest absolute Gasteiger partial charge is 0.332 e. The van der Waals surface area contributed by atoms with Crippen LogP contribution in [0.25, 0.3) is 16.9 Å². The molecule has 0 saturated carbocycles. The third-order valence-electron chi connectivity index (χ3n) is 3.98. The van der Waals surface area contributed by atoms with Crippen LogP contribution in [-0.4, -0.2) is 36.8 Å². The van der Waals surface area contributed by atoms with Gasteiger partial charge in [0.05, 0.1) is 13.2 Å². The number of nitrogens with zero attached hydrogens (tertiary/aromatic N) is 5. The molecule has 0 N–H and O–H groups in total. The number of aromatic nitrogens is 5. The summed E-state index contributed by atoms with van der Waals surface area (Å²) in [7, 11) is 3.17. The van der Waals surface area contributed by atoms with Crippen LogP contribution in [0.4, 0.5) is 0 Å². The maximum absolute atomic E-state index is 12.7. The van der Waals surface area contributed by atoms with Gasteiger partial charge in [-0.25, -0.2) is 4.79 Å². The summed E-state index contributed by atoms with van der Waals surface area (Å²) in [5, 5.41) is 0. The van der Waals surface area contributed by atoms with Gasteiger partial charge in [-0.15, -0.1) is 0 Å². The van der Waals surface area contributed by atoms with Crippen molar-refractivity contribution in [1.82, 2.24) is 23.1 Å². The molecule has 0 atom stereocenters. The number of hydrogen-bond acceptors (Lipinski definition) is 4. The molecule has 3 heterocycles. The highest BCUT2D eigenvalue weighted by molar-refractivity contribution is 5.75. The maximum Gasteiger partial charge on any atom is 0.332 e. The molecule has 118 valence electrons. The van der Waals surface area contributed by atoms with Gasteiger partial charge in [0.2, 0.25) is 5.78 Å². The second-order valence-electron chi connectivity index (χ2n) is 5.26. The normalized spacial score (nSPS) is 11.8. The SMILES string of the molecule is CCn1c(C)cn2c3c(=O)n(CCOC)c(=O)n(C)c3nc12. The molecule has 8 heteroatoms. The molecule has 0 aliphatic rings. The summed E-state index contributed by atoms with van der Waals surface area (Å²) in [6.07, 6.45) is 1.88. The summed E-state index contributed by atoms with van der Waals surface area (Å²) >= 11 is 0. The first kappa shape index (κ1) is 14.6. The van der Waals surface area contributed by atoms with Crippen LogP contribution in [0.2, 0.25) is 0 Å². The first-order chi connectivity index (χ1) is 10.5. The quantitative estimate of drug-likeness (QED) is 0.686. The molecule has 8 nitrogen and oxygen atoms in total. The van der Waals surface area contributed by atoms with E-state index in [4.69, 9.17) is 4.74 Å². The monoisotopic (exact) mass is 305 g/mol. The summed E-state index contributed by atoms with van der Waals surface area (Å²) in [4.78, 5) is 29.6. The number of hydrogen-bond donors (Lipinski definition) is 0. The van der Waals surface area contributed by atoms with Crippen LogP contribution in [-0.2, 0) is 24.9 Å². The molecule has 0 aromatic carbocycles. The lowest BCUT2D eigenvalue weighted by Crippen LogP contribution is -2.40. The van der Waals surface area contributed by atoms with E-state index in [2.05, 4.69) is 4.98 Å². The van der Waals surface area contributed by atoms with E-state index in [0.717, 1.165) is 12.2 Å². The van der Waals surface area contributed by atoms with Crippen LogP contribution in [0, 0.1) is 6.92 Å². The zero-order chi connectivity index (χ0) is 16.0. The molecular formula is C14H19N5O3. The predicted octanol–water partition coefficient (Wildman–Crippen LogP) is 0.124. The molecule has 0 unspecified atom stereocenters. The highest BCUT2D eigenvalue weighted by atomic mass is 16.5. The van der Waals surface area contributed by atoms with E-state index >= 15 is 0 Å². The fourth-order valence-electron chi connectivity index (χ4n) is 2.83. The Morgan fingerprint density at radius 1 is 1.27 bits per heavy atom.